The van der Waals surface area contributed by atoms with Crippen LogP contribution in [0.1, 0.15) is 18.9 Å². The second-order valence-electron chi connectivity index (χ2n) is 4.59. The van der Waals surface area contributed by atoms with Crippen molar-refractivity contribution >= 4 is 11.6 Å². The van der Waals surface area contributed by atoms with Crippen molar-refractivity contribution in [2.24, 2.45) is 0 Å². The number of likely N-dealkylation sites (N-methyl/N-ethyl adjacent to an activating group) is 2. The highest BCUT2D eigenvalue weighted by Gasteiger charge is 2.27. The van der Waals surface area contributed by atoms with Gasteiger partial charge in [0.25, 0.3) is 5.56 Å². The van der Waals surface area contributed by atoms with Gasteiger partial charge in [-0.1, -0.05) is 0 Å². The van der Waals surface area contributed by atoms with Crippen LogP contribution in [-0.4, -0.2) is 30.6 Å². The van der Waals surface area contributed by atoms with E-state index < -0.39 is 0 Å². The summed E-state index contributed by atoms with van der Waals surface area (Å²) >= 11 is 0. The minimum Gasteiger partial charge on any atom is -0.315 e. The van der Waals surface area contributed by atoms with Gasteiger partial charge in [-0.3, -0.25) is 9.59 Å². The first-order valence-electron chi connectivity index (χ1n) is 6.26. The Bertz CT molecular complexity index is 521. The average Bonchev–Trinajstić information content (AvgIpc) is 2.49. The first-order chi connectivity index (χ1) is 8.58. The number of nitrogens with one attached hydrogen (secondary N) is 1. The fourth-order valence-corrected chi connectivity index (χ4v) is 2.41. The topological polar surface area (TPSA) is 54.3 Å². The van der Waals surface area contributed by atoms with Gasteiger partial charge < -0.3 is 14.8 Å². The van der Waals surface area contributed by atoms with Crippen molar-refractivity contribution in [2.45, 2.75) is 32.4 Å². The zero-order valence-corrected chi connectivity index (χ0v) is 11.1. The van der Waals surface area contributed by atoms with Crippen LogP contribution in [0, 0.1) is 0 Å². The lowest BCUT2D eigenvalue weighted by molar-refractivity contribution is -0.120. The largest absolute Gasteiger partial charge is 0.315 e. The quantitative estimate of drug-likeness (QED) is 0.823. The smallest absolute Gasteiger partial charge is 0.252 e. The van der Waals surface area contributed by atoms with Crippen LogP contribution in [0.2, 0.25) is 0 Å². The predicted octanol–water partition coefficient (Wildman–Crippen LogP) is 0.365. The highest BCUT2D eigenvalue weighted by atomic mass is 16.2. The summed E-state index contributed by atoms with van der Waals surface area (Å²) < 4.78 is 1.68. The number of nitrogens with zero attached hydrogens (tertiary/aromatic N) is 2. The maximum atomic E-state index is 12.2. The normalized spacial score (nSPS) is 19.6. The summed E-state index contributed by atoms with van der Waals surface area (Å²) in [5.74, 6) is 0.0184. The van der Waals surface area contributed by atoms with Gasteiger partial charge in [-0.15, -0.1) is 0 Å². The summed E-state index contributed by atoms with van der Waals surface area (Å²) in [7, 11) is 3.52. The molecule has 0 saturated carbocycles. The number of anilines is 1. The standard InChI is InChI=1S/C13H19N3O2/c1-4-16-8-9-5-6-10(14-2)13(18)15(3)11(9)7-12(16)17/h7-8,10,14H,4-6H2,1-3H3. The third-order valence-corrected chi connectivity index (χ3v) is 3.57. The Labute approximate surface area is 106 Å². The molecule has 2 heterocycles. The first kappa shape index (κ1) is 12.8. The number of carbonyl (C=O) groups excluding carboxylic acids is 1. The van der Waals surface area contributed by atoms with Gasteiger partial charge in [0.15, 0.2) is 0 Å². The van der Waals surface area contributed by atoms with E-state index in [9.17, 15) is 9.59 Å². The van der Waals surface area contributed by atoms with Gasteiger partial charge >= 0.3 is 0 Å². The molecule has 0 bridgehead atoms. The van der Waals surface area contributed by atoms with Crippen molar-refractivity contribution in [1.82, 2.24) is 9.88 Å². The molecule has 0 saturated heterocycles. The molecule has 18 heavy (non-hydrogen) atoms. The van der Waals surface area contributed by atoms with Gasteiger partial charge in [0.05, 0.1) is 11.7 Å². The van der Waals surface area contributed by atoms with Crippen LogP contribution < -0.4 is 15.8 Å². The van der Waals surface area contributed by atoms with E-state index in [0.717, 1.165) is 24.1 Å². The number of carbonyl (C=O) groups is 1. The minimum absolute atomic E-state index is 0.0184. The number of fused-ring (bicyclic) bond motifs is 1. The third kappa shape index (κ3) is 2.06. The van der Waals surface area contributed by atoms with Crippen LogP contribution in [0.5, 0.6) is 0 Å². The molecule has 98 valence electrons. The van der Waals surface area contributed by atoms with E-state index in [-0.39, 0.29) is 17.5 Å². The molecule has 1 unspecified atom stereocenters. The van der Waals surface area contributed by atoms with Crippen molar-refractivity contribution in [2.75, 3.05) is 19.0 Å². The third-order valence-electron chi connectivity index (χ3n) is 3.57. The fourth-order valence-electron chi connectivity index (χ4n) is 2.41. The number of amides is 1. The lowest BCUT2D eigenvalue weighted by atomic mass is 10.1. The number of aromatic nitrogens is 1. The Hall–Kier alpha value is -1.62. The van der Waals surface area contributed by atoms with E-state index in [2.05, 4.69) is 5.32 Å². The minimum atomic E-state index is -0.174. The number of hydrogen-bond donors (Lipinski definition) is 1. The average molecular weight is 249 g/mol. The summed E-state index contributed by atoms with van der Waals surface area (Å²) in [4.78, 5) is 25.6. The van der Waals surface area contributed by atoms with Crippen molar-refractivity contribution in [3.8, 4) is 0 Å². The molecule has 1 aliphatic rings. The van der Waals surface area contributed by atoms with Gasteiger partial charge in [-0.2, -0.15) is 0 Å². The molecule has 5 heteroatoms. The first-order valence-corrected chi connectivity index (χ1v) is 6.26. The molecule has 2 rings (SSSR count). The van der Waals surface area contributed by atoms with Crippen LogP contribution in [-0.2, 0) is 17.8 Å². The lowest BCUT2D eigenvalue weighted by Crippen LogP contribution is -2.42. The number of hydrogen-bond acceptors (Lipinski definition) is 3. The van der Waals surface area contributed by atoms with Crippen molar-refractivity contribution in [3.63, 3.8) is 0 Å². The Morgan fingerprint density at radius 3 is 2.78 bits per heavy atom. The van der Waals surface area contributed by atoms with E-state index in [0.29, 0.717) is 6.54 Å². The van der Waals surface area contributed by atoms with E-state index in [1.807, 2.05) is 13.1 Å². The van der Waals surface area contributed by atoms with Crippen molar-refractivity contribution in [1.29, 1.82) is 0 Å². The van der Waals surface area contributed by atoms with Gasteiger partial charge in [-0.25, -0.2) is 0 Å². The molecule has 1 aliphatic heterocycles. The van der Waals surface area contributed by atoms with Gasteiger partial charge in [0, 0.05) is 25.9 Å². The molecule has 0 radical (unpaired) electrons. The van der Waals surface area contributed by atoms with Crippen LogP contribution in [0.25, 0.3) is 0 Å². The number of rotatable bonds is 2. The molecule has 1 atom stereocenters. The molecule has 1 aromatic heterocycles. The van der Waals surface area contributed by atoms with E-state index in [1.165, 1.54) is 0 Å². The Morgan fingerprint density at radius 2 is 2.17 bits per heavy atom. The molecule has 0 fully saturated rings. The Kier molecular flexibility index (Phi) is 3.52. The summed E-state index contributed by atoms with van der Waals surface area (Å²) in [6.45, 7) is 2.59. The summed E-state index contributed by atoms with van der Waals surface area (Å²) in [6.07, 6.45) is 3.44. The fraction of sp³-hybridized carbons (Fsp3) is 0.538. The summed E-state index contributed by atoms with van der Waals surface area (Å²) in [5, 5.41) is 3.03. The summed E-state index contributed by atoms with van der Waals surface area (Å²) in [5.41, 5.74) is 1.75. The van der Waals surface area contributed by atoms with E-state index >= 15 is 0 Å². The highest BCUT2D eigenvalue weighted by molar-refractivity contribution is 5.98. The number of pyridine rings is 1. The molecular weight excluding hydrogens is 230 g/mol. The van der Waals surface area contributed by atoms with Crippen LogP contribution in [0.4, 0.5) is 5.69 Å². The molecule has 0 aromatic carbocycles. The SMILES string of the molecule is CCn1cc2c(cc1=O)N(C)C(=O)C(NC)CC2. The van der Waals surface area contributed by atoms with Crippen molar-refractivity contribution in [3.05, 3.63) is 28.2 Å². The zero-order chi connectivity index (χ0) is 13.3. The lowest BCUT2D eigenvalue weighted by Gasteiger charge is -2.21. The monoisotopic (exact) mass is 249 g/mol. The highest BCUT2D eigenvalue weighted by Crippen LogP contribution is 2.24. The second-order valence-corrected chi connectivity index (χ2v) is 4.59. The second kappa shape index (κ2) is 4.94. The Morgan fingerprint density at radius 1 is 1.44 bits per heavy atom. The molecule has 5 nitrogen and oxygen atoms in total. The predicted molar refractivity (Wildman–Crippen MR) is 71.0 cm³/mol. The van der Waals surface area contributed by atoms with E-state index in [4.69, 9.17) is 0 Å². The molecule has 1 N–H and O–H groups in total. The summed E-state index contributed by atoms with van der Waals surface area (Å²) in [6, 6.07) is 1.39. The molecular formula is C13H19N3O2. The molecule has 1 amide bonds. The van der Waals surface area contributed by atoms with Crippen molar-refractivity contribution < 1.29 is 4.79 Å². The number of aryl methyl sites for hydroxylation is 2. The van der Waals surface area contributed by atoms with Crippen LogP contribution >= 0.6 is 0 Å². The van der Waals surface area contributed by atoms with E-state index in [1.54, 1.807) is 29.6 Å². The van der Waals surface area contributed by atoms with Gasteiger partial charge in [0.2, 0.25) is 5.91 Å². The van der Waals surface area contributed by atoms with Gasteiger partial charge in [0.1, 0.15) is 0 Å². The molecule has 1 aromatic rings. The Balaban J connectivity index is 2.50. The van der Waals surface area contributed by atoms with Crippen LogP contribution in [0.15, 0.2) is 17.1 Å². The molecule has 0 spiro atoms. The van der Waals surface area contributed by atoms with Gasteiger partial charge in [-0.05, 0) is 32.4 Å². The molecule has 0 aliphatic carbocycles. The maximum absolute atomic E-state index is 12.2. The maximum Gasteiger partial charge on any atom is 0.252 e. The zero-order valence-electron chi connectivity index (χ0n) is 11.1. The van der Waals surface area contributed by atoms with Crippen LogP contribution in [0.3, 0.4) is 0 Å².